The first-order valence-corrected chi connectivity index (χ1v) is 3.33. The third kappa shape index (κ3) is 1.37. The minimum Gasteiger partial charge on any atom is -0.506 e. The zero-order valence-corrected chi connectivity index (χ0v) is 6.59. The van der Waals surface area contributed by atoms with E-state index in [0.29, 0.717) is 11.4 Å². The summed E-state index contributed by atoms with van der Waals surface area (Å²) in [6, 6.07) is 5.12. The maximum atomic E-state index is 9.28. The fraction of sp³-hybridized carbons (Fsp3) is 0.250. The molecule has 0 aromatic heterocycles. The highest BCUT2D eigenvalue weighted by Crippen LogP contribution is 2.32. The number of hydrogen-bond acceptors (Lipinski definition) is 3. The molecule has 1 aromatic rings. The van der Waals surface area contributed by atoms with E-state index in [-0.39, 0.29) is 5.75 Å². The van der Waals surface area contributed by atoms with Crippen LogP contribution in [0.1, 0.15) is 0 Å². The lowest BCUT2D eigenvalue weighted by atomic mass is 10.2. The minimum absolute atomic E-state index is 0.201. The average Bonchev–Trinajstić information content (AvgIpc) is 2.04. The van der Waals surface area contributed by atoms with Gasteiger partial charge in [0.05, 0.1) is 7.11 Å². The molecule has 0 fully saturated rings. The van der Waals surface area contributed by atoms with Crippen LogP contribution in [0, 0.1) is 0 Å². The van der Waals surface area contributed by atoms with E-state index in [2.05, 4.69) is 5.32 Å². The number of rotatable bonds is 2. The van der Waals surface area contributed by atoms with Gasteiger partial charge >= 0.3 is 0 Å². The molecule has 11 heavy (non-hydrogen) atoms. The topological polar surface area (TPSA) is 41.5 Å². The Morgan fingerprint density at radius 1 is 1.45 bits per heavy atom. The highest BCUT2D eigenvalue weighted by molar-refractivity contribution is 5.64. The molecular formula is C8H11NO2. The van der Waals surface area contributed by atoms with E-state index in [9.17, 15) is 5.11 Å². The zero-order chi connectivity index (χ0) is 8.27. The molecule has 0 aliphatic carbocycles. The van der Waals surface area contributed by atoms with Crippen molar-refractivity contribution in [2.24, 2.45) is 0 Å². The molecule has 1 rings (SSSR count). The smallest absolute Gasteiger partial charge is 0.145 e. The Kier molecular flexibility index (Phi) is 2.21. The van der Waals surface area contributed by atoms with E-state index < -0.39 is 0 Å². The van der Waals surface area contributed by atoms with Gasteiger partial charge in [-0.1, -0.05) is 6.07 Å². The highest BCUT2D eigenvalue weighted by Gasteiger charge is 2.03. The van der Waals surface area contributed by atoms with Crippen LogP contribution < -0.4 is 10.1 Å². The van der Waals surface area contributed by atoms with Crippen LogP contribution in [0.4, 0.5) is 5.69 Å². The molecule has 0 aliphatic rings. The molecule has 60 valence electrons. The van der Waals surface area contributed by atoms with Gasteiger partial charge in [0.25, 0.3) is 0 Å². The molecule has 0 bridgehead atoms. The van der Waals surface area contributed by atoms with Crippen LogP contribution in [0.5, 0.6) is 11.5 Å². The van der Waals surface area contributed by atoms with E-state index in [4.69, 9.17) is 4.74 Å². The van der Waals surface area contributed by atoms with Crippen molar-refractivity contribution in [2.75, 3.05) is 19.5 Å². The summed E-state index contributed by atoms with van der Waals surface area (Å²) in [6.07, 6.45) is 0. The highest BCUT2D eigenvalue weighted by atomic mass is 16.5. The van der Waals surface area contributed by atoms with Gasteiger partial charge in [-0.2, -0.15) is 0 Å². The summed E-state index contributed by atoms with van der Waals surface area (Å²) in [4.78, 5) is 0. The molecule has 0 spiro atoms. The van der Waals surface area contributed by atoms with Crippen molar-refractivity contribution in [1.29, 1.82) is 0 Å². The summed E-state index contributed by atoms with van der Waals surface area (Å²) < 4.78 is 4.99. The van der Waals surface area contributed by atoms with Crippen molar-refractivity contribution >= 4 is 5.69 Å². The van der Waals surface area contributed by atoms with Crippen LogP contribution in [0.25, 0.3) is 0 Å². The Labute approximate surface area is 65.6 Å². The summed E-state index contributed by atoms with van der Waals surface area (Å²) in [7, 11) is 3.30. The fourth-order valence-corrected chi connectivity index (χ4v) is 0.941. The molecule has 0 unspecified atom stereocenters. The molecule has 2 N–H and O–H groups in total. The van der Waals surface area contributed by atoms with Gasteiger partial charge in [0.15, 0.2) is 0 Å². The lowest BCUT2D eigenvalue weighted by molar-refractivity contribution is 0.410. The second-order valence-corrected chi connectivity index (χ2v) is 2.10. The quantitative estimate of drug-likeness (QED) is 0.632. The Morgan fingerprint density at radius 3 is 2.64 bits per heavy atom. The Balaban J connectivity index is 3.13. The van der Waals surface area contributed by atoms with Gasteiger partial charge in [0, 0.05) is 7.05 Å². The molecule has 0 saturated carbocycles. The number of phenolic OH excluding ortho intramolecular Hbond substituents is 1. The second kappa shape index (κ2) is 3.14. The molecule has 3 nitrogen and oxygen atoms in total. The first-order valence-electron chi connectivity index (χ1n) is 3.33. The van der Waals surface area contributed by atoms with E-state index in [0.717, 1.165) is 0 Å². The average molecular weight is 153 g/mol. The molecule has 0 heterocycles. The number of phenols is 1. The summed E-state index contributed by atoms with van der Waals surface area (Å²) in [5.41, 5.74) is 0.620. The van der Waals surface area contributed by atoms with Crippen LogP contribution in [-0.4, -0.2) is 19.3 Å². The maximum Gasteiger partial charge on any atom is 0.145 e. The number of ether oxygens (including phenoxy) is 1. The predicted molar refractivity (Wildman–Crippen MR) is 44.2 cm³/mol. The van der Waals surface area contributed by atoms with Gasteiger partial charge in [-0.3, -0.25) is 0 Å². The first-order chi connectivity index (χ1) is 5.29. The number of anilines is 1. The number of benzene rings is 1. The van der Waals surface area contributed by atoms with Crippen molar-refractivity contribution in [3.63, 3.8) is 0 Å². The second-order valence-electron chi connectivity index (χ2n) is 2.10. The Morgan fingerprint density at radius 2 is 2.18 bits per heavy atom. The molecule has 0 radical (unpaired) electrons. The third-order valence-corrected chi connectivity index (χ3v) is 1.47. The molecule has 0 aliphatic heterocycles. The standard InChI is InChI=1S/C8H11NO2/c1-9-8-6(10)4-3-5-7(8)11-2/h3-5,9-10H,1-2H3. The van der Waals surface area contributed by atoms with Gasteiger partial charge in [-0.15, -0.1) is 0 Å². The zero-order valence-electron chi connectivity index (χ0n) is 6.59. The van der Waals surface area contributed by atoms with Gasteiger partial charge in [-0.05, 0) is 12.1 Å². The monoisotopic (exact) mass is 153 g/mol. The van der Waals surface area contributed by atoms with Crippen molar-refractivity contribution in [2.45, 2.75) is 0 Å². The van der Waals surface area contributed by atoms with Gasteiger partial charge in [0.1, 0.15) is 17.2 Å². The normalized spacial score (nSPS) is 9.27. The lowest BCUT2D eigenvalue weighted by Crippen LogP contribution is -1.93. The summed E-state index contributed by atoms with van der Waals surface area (Å²) in [5.74, 6) is 0.847. The van der Waals surface area contributed by atoms with Gasteiger partial charge < -0.3 is 15.2 Å². The van der Waals surface area contributed by atoms with E-state index in [1.165, 1.54) is 0 Å². The largest absolute Gasteiger partial charge is 0.506 e. The van der Waals surface area contributed by atoms with Crippen molar-refractivity contribution < 1.29 is 9.84 Å². The van der Waals surface area contributed by atoms with Gasteiger partial charge in [0.2, 0.25) is 0 Å². The van der Waals surface area contributed by atoms with Gasteiger partial charge in [-0.25, -0.2) is 0 Å². The van der Waals surface area contributed by atoms with Crippen LogP contribution in [0.2, 0.25) is 0 Å². The third-order valence-electron chi connectivity index (χ3n) is 1.47. The maximum absolute atomic E-state index is 9.28. The molecule has 0 atom stereocenters. The van der Waals surface area contributed by atoms with Crippen LogP contribution in [0.15, 0.2) is 18.2 Å². The number of nitrogens with one attached hydrogen (secondary N) is 1. The fourth-order valence-electron chi connectivity index (χ4n) is 0.941. The number of aromatic hydroxyl groups is 1. The van der Waals surface area contributed by atoms with E-state index >= 15 is 0 Å². The first kappa shape index (κ1) is 7.72. The SMILES string of the molecule is CNc1c(O)cccc1OC. The van der Waals surface area contributed by atoms with Crippen LogP contribution >= 0.6 is 0 Å². The molecule has 3 heteroatoms. The predicted octanol–water partition coefficient (Wildman–Crippen LogP) is 1.44. The number of hydrogen-bond donors (Lipinski definition) is 2. The van der Waals surface area contributed by atoms with Crippen LogP contribution in [0.3, 0.4) is 0 Å². The lowest BCUT2D eigenvalue weighted by Gasteiger charge is -2.08. The molecule has 1 aromatic carbocycles. The van der Waals surface area contributed by atoms with Crippen molar-refractivity contribution in [1.82, 2.24) is 0 Å². The Bertz CT molecular complexity index is 248. The minimum atomic E-state index is 0.201. The number of methoxy groups -OCH3 is 1. The van der Waals surface area contributed by atoms with E-state index in [1.807, 2.05) is 0 Å². The number of para-hydroxylation sites is 1. The van der Waals surface area contributed by atoms with Crippen molar-refractivity contribution in [3.8, 4) is 11.5 Å². The molecular weight excluding hydrogens is 142 g/mol. The molecule has 0 amide bonds. The summed E-state index contributed by atoms with van der Waals surface area (Å²) in [6.45, 7) is 0. The Hall–Kier alpha value is -1.38. The van der Waals surface area contributed by atoms with E-state index in [1.54, 1.807) is 32.4 Å². The summed E-state index contributed by atoms with van der Waals surface area (Å²) >= 11 is 0. The van der Waals surface area contributed by atoms with Crippen molar-refractivity contribution in [3.05, 3.63) is 18.2 Å². The summed E-state index contributed by atoms with van der Waals surface area (Å²) in [5, 5.41) is 12.1. The van der Waals surface area contributed by atoms with Crippen LogP contribution in [-0.2, 0) is 0 Å². The molecule has 0 saturated heterocycles.